The van der Waals surface area contributed by atoms with Crippen molar-refractivity contribution in [1.82, 2.24) is 0 Å². The summed E-state index contributed by atoms with van der Waals surface area (Å²) in [5, 5.41) is 10.0. The topological polar surface area (TPSA) is 29.5 Å². The van der Waals surface area contributed by atoms with E-state index in [9.17, 15) is 22.7 Å². The molecule has 2 aromatic rings. The minimum absolute atomic E-state index is 0.236. The fraction of sp³-hybridized carbons (Fsp3) is 0.200. The van der Waals surface area contributed by atoms with Crippen molar-refractivity contribution in [2.24, 2.45) is 0 Å². The number of hydrogen-bond acceptors (Lipinski definition) is 2. The molecule has 0 aliphatic heterocycles. The molecule has 1 N–H and O–H groups in total. The first-order valence-corrected chi connectivity index (χ1v) is 6.12. The zero-order valence-corrected chi connectivity index (χ0v) is 10.8. The van der Waals surface area contributed by atoms with E-state index < -0.39 is 12.5 Å². The Bertz CT molecular complexity index is 576. The minimum Gasteiger partial charge on any atom is -0.406 e. The smallest absolute Gasteiger partial charge is 0.406 e. The van der Waals surface area contributed by atoms with E-state index in [0.717, 1.165) is 17.7 Å². The van der Waals surface area contributed by atoms with Gasteiger partial charge in [-0.2, -0.15) is 0 Å². The van der Waals surface area contributed by atoms with Crippen molar-refractivity contribution in [3.8, 4) is 5.75 Å². The van der Waals surface area contributed by atoms with Gasteiger partial charge in [0.2, 0.25) is 0 Å². The van der Waals surface area contributed by atoms with Crippen LogP contribution in [0.4, 0.5) is 17.6 Å². The highest BCUT2D eigenvalue weighted by Gasteiger charge is 2.31. The normalized spacial score (nSPS) is 13.0. The Hall–Kier alpha value is -2.08. The first kappa shape index (κ1) is 15.3. The molecule has 2 nitrogen and oxygen atoms in total. The number of halogens is 4. The number of hydrogen-bond donors (Lipinski definition) is 1. The van der Waals surface area contributed by atoms with Crippen molar-refractivity contribution in [1.29, 1.82) is 0 Å². The van der Waals surface area contributed by atoms with Crippen LogP contribution < -0.4 is 4.74 Å². The van der Waals surface area contributed by atoms with E-state index in [1.54, 1.807) is 12.1 Å². The maximum Gasteiger partial charge on any atom is 0.573 e. The van der Waals surface area contributed by atoms with Crippen LogP contribution >= 0.6 is 0 Å². The number of rotatable bonds is 4. The third-order valence-corrected chi connectivity index (χ3v) is 2.84. The maximum absolute atomic E-state index is 12.8. The second-order valence-electron chi connectivity index (χ2n) is 4.46. The SMILES string of the molecule is OC(Cc1ccc(F)cc1)c1ccc(OC(F)(F)F)cc1. The molecule has 0 saturated heterocycles. The summed E-state index contributed by atoms with van der Waals surface area (Å²) in [7, 11) is 0. The Kier molecular flexibility index (Phi) is 4.47. The van der Waals surface area contributed by atoms with Gasteiger partial charge in [-0.15, -0.1) is 13.2 Å². The van der Waals surface area contributed by atoms with Crippen molar-refractivity contribution in [3.05, 3.63) is 65.5 Å². The van der Waals surface area contributed by atoms with E-state index >= 15 is 0 Å². The van der Waals surface area contributed by atoms with Crippen LogP contribution in [0.5, 0.6) is 5.75 Å². The average Bonchev–Trinajstić information content (AvgIpc) is 2.40. The summed E-state index contributed by atoms with van der Waals surface area (Å²) in [6.45, 7) is 0. The number of aliphatic hydroxyl groups excluding tert-OH is 1. The Balaban J connectivity index is 2.02. The van der Waals surface area contributed by atoms with Crippen LogP contribution in [-0.4, -0.2) is 11.5 Å². The standard InChI is InChI=1S/C15H12F4O2/c16-12-5-1-10(2-6-12)9-14(20)11-3-7-13(8-4-11)21-15(17,18)19/h1-8,14,20H,9H2. The molecule has 21 heavy (non-hydrogen) atoms. The van der Waals surface area contributed by atoms with Crippen LogP contribution in [-0.2, 0) is 6.42 Å². The highest BCUT2D eigenvalue weighted by atomic mass is 19.4. The van der Waals surface area contributed by atoms with Gasteiger partial charge in [0.1, 0.15) is 11.6 Å². The molecule has 0 bridgehead atoms. The van der Waals surface area contributed by atoms with Crippen molar-refractivity contribution in [2.45, 2.75) is 18.9 Å². The van der Waals surface area contributed by atoms with E-state index in [1.807, 2.05) is 0 Å². The third kappa shape index (κ3) is 4.75. The van der Waals surface area contributed by atoms with Crippen LogP contribution in [0.1, 0.15) is 17.2 Å². The van der Waals surface area contributed by atoms with Crippen molar-refractivity contribution in [3.63, 3.8) is 0 Å². The molecule has 112 valence electrons. The van der Waals surface area contributed by atoms with Gasteiger partial charge in [0.25, 0.3) is 0 Å². The number of benzene rings is 2. The Morgan fingerprint density at radius 2 is 1.52 bits per heavy atom. The highest BCUT2D eigenvalue weighted by Crippen LogP contribution is 2.25. The predicted octanol–water partition coefficient (Wildman–Crippen LogP) is 4.00. The summed E-state index contributed by atoms with van der Waals surface area (Å²) in [4.78, 5) is 0. The summed E-state index contributed by atoms with van der Waals surface area (Å²) in [6, 6.07) is 10.6. The lowest BCUT2D eigenvalue weighted by atomic mass is 10.0. The maximum atomic E-state index is 12.8. The molecule has 0 saturated carbocycles. The summed E-state index contributed by atoms with van der Waals surface area (Å²) in [5.74, 6) is -0.720. The fourth-order valence-corrected chi connectivity index (χ4v) is 1.85. The molecule has 0 amide bonds. The summed E-state index contributed by atoms with van der Waals surface area (Å²) < 4.78 is 52.6. The molecule has 0 spiro atoms. The van der Waals surface area contributed by atoms with Gasteiger partial charge in [-0.25, -0.2) is 4.39 Å². The highest BCUT2D eigenvalue weighted by molar-refractivity contribution is 5.30. The lowest BCUT2D eigenvalue weighted by molar-refractivity contribution is -0.274. The van der Waals surface area contributed by atoms with Crippen LogP contribution in [0.2, 0.25) is 0 Å². The molecule has 0 fully saturated rings. The van der Waals surface area contributed by atoms with Crippen molar-refractivity contribution >= 4 is 0 Å². The van der Waals surface area contributed by atoms with E-state index in [2.05, 4.69) is 4.74 Å². The number of aliphatic hydroxyl groups is 1. The van der Waals surface area contributed by atoms with Crippen LogP contribution in [0.25, 0.3) is 0 Å². The van der Waals surface area contributed by atoms with Gasteiger partial charge in [0.05, 0.1) is 6.10 Å². The molecular formula is C15H12F4O2. The van der Waals surface area contributed by atoms with Crippen LogP contribution in [0, 0.1) is 5.82 Å². The molecule has 1 atom stereocenters. The zero-order valence-electron chi connectivity index (χ0n) is 10.8. The van der Waals surface area contributed by atoms with E-state index in [0.29, 0.717) is 5.56 Å². The monoisotopic (exact) mass is 300 g/mol. The molecule has 2 aromatic carbocycles. The van der Waals surface area contributed by atoms with Gasteiger partial charge in [-0.05, 0) is 35.4 Å². The molecule has 0 aromatic heterocycles. The quantitative estimate of drug-likeness (QED) is 0.865. The molecule has 1 unspecified atom stereocenters. The van der Waals surface area contributed by atoms with Gasteiger partial charge in [0.15, 0.2) is 0 Å². The molecule has 2 rings (SSSR count). The van der Waals surface area contributed by atoms with Gasteiger partial charge in [0, 0.05) is 6.42 Å². The first-order valence-electron chi connectivity index (χ1n) is 6.12. The summed E-state index contributed by atoms with van der Waals surface area (Å²) in [5.41, 5.74) is 1.17. The second-order valence-corrected chi connectivity index (χ2v) is 4.46. The van der Waals surface area contributed by atoms with Gasteiger partial charge in [-0.3, -0.25) is 0 Å². The Morgan fingerprint density at radius 3 is 2.05 bits per heavy atom. The zero-order chi connectivity index (χ0) is 15.5. The largest absolute Gasteiger partial charge is 0.573 e. The average molecular weight is 300 g/mol. The van der Waals surface area contributed by atoms with Crippen molar-refractivity contribution < 1.29 is 27.4 Å². The van der Waals surface area contributed by atoms with Gasteiger partial charge in [-0.1, -0.05) is 24.3 Å². The van der Waals surface area contributed by atoms with Gasteiger partial charge < -0.3 is 9.84 Å². The lowest BCUT2D eigenvalue weighted by Crippen LogP contribution is -2.17. The molecule has 6 heteroatoms. The minimum atomic E-state index is -4.74. The number of ether oxygens (including phenoxy) is 1. The summed E-state index contributed by atoms with van der Waals surface area (Å²) >= 11 is 0. The van der Waals surface area contributed by atoms with E-state index in [-0.39, 0.29) is 18.0 Å². The Morgan fingerprint density at radius 1 is 0.952 bits per heavy atom. The molecule has 0 heterocycles. The lowest BCUT2D eigenvalue weighted by Gasteiger charge is -2.13. The third-order valence-electron chi connectivity index (χ3n) is 2.84. The van der Waals surface area contributed by atoms with Crippen LogP contribution in [0.15, 0.2) is 48.5 Å². The Labute approximate surface area is 118 Å². The van der Waals surface area contributed by atoms with Crippen LogP contribution in [0.3, 0.4) is 0 Å². The number of alkyl halides is 3. The fourth-order valence-electron chi connectivity index (χ4n) is 1.85. The van der Waals surface area contributed by atoms with E-state index in [4.69, 9.17) is 0 Å². The summed E-state index contributed by atoms with van der Waals surface area (Å²) in [6.07, 6.45) is -5.40. The first-order chi connectivity index (χ1) is 9.83. The molecule has 0 aliphatic rings. The van der Waals surface area contributed by atoms with Crippen molar-refractivity contribution in [2.75, 3.05) is 0 Å². The molecular weight excluding hydrogens is 288 g/mol. The second kappa shape index (κ2) is 6.13. The molecule has 0 radical (unpaired) electrons. The molecule has 0 aliphatic carbocycles. The van der Waals surface area contributed by atoms with Gasteiger partial charge >= 0.3 is 6.36 Å². The predicted molar refractivity (Wildman–Crippen MR) is 68.2 cm³/mol. The van der Waals surface area contributed by atoms with E-state index in [1.165, 1.54) is 24.3 Å².